The van der Waals surface area contributed by atoms with Crippen LogP contribution in [-0.2, 0) is 6.18 Å². The fraction of sp³-hybridized carbons (Fsp3) is 0.167. The van der Waals surface area contributed by atoms with E-state index >= 15 is 0 Å². The second-order valence-corrected chi connectivity index (χ2v) is 5.28. The van der Waals surface area contributed by atoms with Crippen LogP contribution in [0.25, 0.3) is 22.1 Å². The van der Waals surface area contributed by atoms with E-state index in [4.69, 9.17) is 0 Å². The van der Waals surface area contributed by atoms with Gasteiger partial charge in [-0.1, -0.05) is 0 Å². The molecule has 0 aliphatic rings. The van der Waals surface area contributed by atoms with Crippen molar-refractivity contribution in [2.24, 2.45) is 0 Å². The molecule has 0 unspecified atom stereocenters. The van der Waals surface area contributed by atoms with Gasteiger partial charge in [0.15, 0.2) is 16.5 Å². The monoisotopic (exact) mass is 327 g/mol. The first-order valence-corrected chi connectivity index (χ1v) is 6.87. The third-order valence-corrected chi connectivity index (χ3v) is 3.69. The second-order valence-electron chi connectivity index (χ2n) is 4.42. The third kappa shape index (κ3) is 2.64. The van der Waals surface area contributed by atoms with Gasteiger partial charge in [0.05, 0.1) is 11.9 Å². The number of thiazole rings is 1. The van der Waals surface area contributed by atoms with Crippen molar-refractivity contribution in [2.75, 3.05) is 0 Å². The number of halogens is 3. The first kappa shape index (κ1) is 14.4. The zero-order chi connectivity index (χ0) is 15.9. The molecule has 6 nitrogen and oxygen atoms in total. The fourth-order valence-electron chi connectivity index (χ4n) is 1.82. The molecule has 0 amide bonds. The Bertz CT molecular complexity index is 879. The lowest BCUT2D eigenvalue weighted by Gasteiger charge is -2.02. The van der Waals surface area contributed by atoms with Gasteiger partial charge in [-0.05, 0) is 6.92 Å². The maximum Gasteiger partial charge on any atom is 0.434 e. The number of aromatic amines is 2. The molecule has 0 saturated carbocycles. The van der Waals surface area contributed by atoms with Crippen LogP contribution in [0.4, 0.5) is 13.2 Å². The molecule has 114 valence electrons. The Hall–Kier alpha value is -2.49. The van der Waals surface area contributed by atoms with Gasteiger partial charge in [-0.2, -0.15) is 18.3 Å². The molecular formula is C12H8F3N5OS. The number of H-pyrrole nitrogens is 2. The summed E-state index contributed by atoms with van der Waals surface area (Å²) in [5.74, 6) is -0.0106. The lowest BCUT2D eigenvalue weighted by Crippen LogP contribution is -2.09. The topological polar surface area (TPSA) is 87.3 Å². The number of nitrogens with one attached hydrogen (secondary N) is 2. The van der Waals surface area contributed by atoms with Gasteiger partial charge in [-0.25, -0.2) is 9.97 Å². The van der Waals surface area contributed by atoms with Crippen LogP contribution in [-0.4, -0.2) is 25.1 Å². The maximum atomic E-state index is 12.6. The van der Waals surface area contributed by atoms with Gasteiger partial charge in [0, 0.05) is 22.7 Å². The molecule has 0 aromatic carbocycles. The molecular weight excluding hydrogens is 319 g/mol. The van der Waals surface area contributed by atoms with E-state index in [-0.39, 0.29) is 10.8 Å². The zero-order valence-electron chi connectivity index (χ0n) is 11.0. The summed E-state index contributed by atoms with van der Waals surface area (Å²) in [5, 5.41) is 7.41. The predicted octanol–water partition coefficient (Wildman–Crippen LogP) is 2.61. The summed E-state index contributed by atoms with van der Waals surface area (Å²) in [7, 11) is 0. The van der Waals surface area contributed by atoms with Crippen LogP contribution < -0.4 is 5.56 Å². The summed E-state index contributed by atoms with van der Waals surface area (Å²) in [6.45, 7) is 1.75. The lowest BCUT2D eigenvalue weighted by atomic mass is 10.2. The smallest absolute Gasteiger partial charge is 0.304 e. The SMILES string of the molecule is Cc1[nH]ncc1-c1cc(=O)[nH]c(-c2nc(C(F)(F)F)cs2)n1. The highest BCUT2D eigenvalue weighted by Crippen LogP contribution is 2.32. The quantitative estimate of drug-likeness (QED) is 0.757. The summed E-state index contributed by atoms with van der Waals surface area (Å²) < 4.78 is 37.8. The van der Waals surface area contributed by atoms with Crippen LogP contribution in [0.2, 0.25) is 0 Å². The molecule has 0 atom stereocenters. The van der Waals surface area contributed by atoms with Crippen molar-refractivity contribution in [3.8, 4) is 22.1 Å². The van der Waals surface area contributed by atoms with E-state index < -0.39 is 17.4 Å². The van der Waals surface area contributed by atoms with Crippen LogP contribution >= 0.6 is 11.3 Å². The molecule has 0 aliphatic carbocycles. The molecule has 0 spiro atoms. The van der Waals surface area contributed by atoms with Gasteiger partial charge in [0.2, 0.25) is 0 Å². The highest BCUT2D eigenvalue weighted by molar-refractivity contribution is 7.13. The molecule has 0 aliphatic heterocycles. The zero-order valence-corrected chi connectivity index (χ0v) is 11.8. The second kappa shape index (κ2) is 5.05. The van der Waals surface area contributed by atoms with Gasteiger partial charge in [0.1, 0.15) is 0 Å². The largest absolute Gasteiger partial charge is 0.434 e. The van der Waals surface area contributed by atoms with Crippen LogP contribution in [0.3, 0.4) is 0 Å². The van der Waals surface area contributed by atoms with E-state index in [1.165, 1.54) is 12.3 Å². The van der Waals surface area contributed by atoms with E-state index in [0.717, 1.165) is 16.7 Å². The Balaban J connectivity index is 2.09. The average molecular weight is 327 g/mol. The number of alkyl halides is 3. The highest BCUT2D eigenvalue weighted by Gasteiger charge is 2.34. The van der Waals surface area contributed by atoms with Crippen LogP contribution in [0.15, 0.2) is 22.4 Å². The average Bonchev–Trinajstić information content (AvgIpc) is 3.05. The van der Waals surface area contributed by atoms with Gasteiger partial charge in [-0.15, -0.1) is 11.3 Å². The van der Waals surface area contributed by atoms with Gasteiger partial charge in [0.25, 0.3) is 5.56 Å². The summed E-state index contributed by atoms with van der Waals surface area (Å²) in [6, 6.07) is 1.25. The molecule has 0 radical (unpaired) electrons. The standard InChI is InChI=1S/C12H8F3N5OS/c1-5-6(3-16-20-5)7-2-9(21)19-10(17-7)11-18-8(4-22-11)12(13,14)15/h2-4H,1H3,(H,16,20)(H,17,19,21). The molecule has 3 aromatic rings. The summed E-state index contributed by atoms with van der Waals surface area (Å²) in [6.07, 6.45) is -3.04. The first-order valence-electron chi connectivity index (χ1n) is 5.99. The number of aryl methyl sites for hydroxylation is 1. The number of hydrogen-bond donors (Lipinski definition) is 2. The minimum absolute atomic E-state index is 0.00702. The van der Waals surface area contributed by atoms with Crippen LogP contribution in [0.5, 0.6) is 0 Å². The van der Waals surface area contributed by atoms with E-state index in [0.29, 0.717) is 17.0 Å². The molecule has 2 N–H and O–H groups in total. The van der Waals surface area contributed by atoms with Crippen molar-refractivity contribution in [3.05, 3.63) is 39.4 Å². The molecule has 3 heterocycles. The molecule has 3 rings (SSSR count). The number of nitrogens with zero attached hydrogens (tertiary/aromatic N) is 3. The van der Waals surface area contributed by atoms with Crippen LogP contribution in [0.1, 0.15) is 11.4 Å². The van der Waals surface area contributed by atoms with Crippen molar-refractivity contribution in [3.63, 3.8) is 0 Å². The Morgan fingerprint density at radius 2 is 2.05 bits per heavy atom. The summed E-state index contributed by atoms with van der Waals surface area (Å²) in [4.78, 5) is 21.8. The molecule has 0 bridgehead atoms. The fourth-order valence-corrected chi connectivity index (χ4v) is 2.59. The van der Waals surface area contributed by atoms with Gasteiger partial charge >= 0.3 is 6.18 Å². The van der Waals surface area contributed by atoms with Crippen molar-refractivity contribution >= 4 is 11.3 Å². The van der Waals surface area contributed by atoms with Gasteiger partial charge < -0.3 is 4.98 Å². The number of hydrogen-bond acceptors (Lipinski definition) is 5. The van der Waals surface area contributed by atoms with Crippen molar-refractivity contribution in [1.29, 1.82) is 0 Å². The molecule has 0 saturated heterocycles. The van der Waals surface area contributed by atoms with Crippen molar-refractivity contribution in [2.45, 2.75) is 13.1 Å². The number of rotatable bonds is 2. The van der Waals surface area contributed by atoms with Crippen LogP contribution in [0, 0.1) is 6.92 Å². The minimum atomic E-state index is -4.53. The van der Waals surface area contributed by atoms with Crippen molar-refractivity contribution in [1.82, 2.24) is 25.1 Å². The van der Waals surface area contributed by atoms with Crippen molar-refractivity contribution < 1.29 is 13.2 Å². The molecule has 22 heavy (non-hydrogen) atoms. The van der Waals surface area contributed by atoms with E-state index in [9.17, 15) is 18.0 Å². The lowest BCUT2D eigenvalue weighted by molar-refractivity contribution is -0.140. The Labute approximate surface area is 125 Å². The van der Waals surface area contributed by atoms with Gasteiger partial charge in [-0.3, -0.25) is 9.89 Å². The number of aromatic nitrogens is 5. The maximum absolute atomic E-state index is 12.6. The highest BCUT2D eigenvalue weighted by atomic mass is 32.1. The summed E-state index contributed by atoms with van der Waals surface area (Å²) >= 11 is 0.761. The van der Waals surface area contributed by atoms with E-state index in [1.807, 2.05) is 0 Å². The third-order valence-electron chi connectivity index (χ3n) is 2.84. The van der Waals surface area contributed by atoms with E-state index in [1.54, 1.807) is 6.92 Å². The Morgan fingerprint density at radius 3 is 2.64 bits per heavy atom. The van der Waals surface area contributed by atoms with E-state index in [2.05, 4.69) is 25.1 Å². The summed E-state index contributed by atoms with van der Waals surface area (Å²) in [5.41, 5.74) is 0.109. The normalized spacial score (nSPS) is 11.8. The Kier molecular flexibility index (Phi) is 3.32. The Morgan fingerprint density at radius 1 is 1.27 bits per heavy atom. The first-order chi connectivity index (χ1) is 10.3. The molecule has 3 aromatic heterocycles. The molecule has 0 fully saturated rings. The minimum Gasteiger partial charge on any atom is -0.304 e. The predicted molar refractivity (Wildman–Crippen MR) is 73.3 cm³/mol. The molecule has 10 heteroatoms.